The van der Waals surface area contributed by atoms with Crippen molar-refractivity contribution in [2.75, 3.05) is 13.7 Å². The molecule has 0 aromatic heterocycles. The predicted molar refractivity (Wildman–Crippen MR) is 103 cm³/mol. The van der Waals surface area contributed by atoms with Crippen molar-refractivity contribution in [2.24, 2.45) is 5.41 Å². The second-order valence-corrected chi connectivity index (χ2v) is 7.71. The van der Waals surface area contributed by atoms with Crippen LogP contribution in [0.5, 0.6) is 5.75 Å². The number of hydrogen-bond acceptors (Lipinski definition) is 4. The van der Waals surface area contributed by atoms with Crippen molar-refractivity contribution in [3.63, 3.8) is 0 Å². The zero-order valence-corrected chi connectivity index (χ0v) is 15.9. The van der Waals surface area contributed by atoms with Crippen LogP contribution in [0.25, 0.3) is 0 Å². The minimum absolute atomic E-state index is 0.200. The molecule has 0 saturated carbocycles. The molecular weight excluding hydrogens is 356 g/mol. The Morgan fingerprint density at radius 3 is 2.68 bits per heavy atom. The van der Waals surface area contributed by atoms with E-state index in [0.717, 1.165) is 42.7 Å². The van der Waals surface area contributed by atoms with Crippen LogP contribution in [0, 0.1) is 5.41 Å². The first-order valence-electron chi connectivity index (χ1n) is 9.53. The average molecular weight is 380 g/mol. The van der Waals surface area contributed by atoms with Gasteiger partial charge in [0.1, 0.15) is 5.75 Å². The average Bonchev–Trinajstić information content (AvgIpc) is 3.02. The van der Waals surface area contributed by atoms with Crippen molar-refractivity contribution in [3.8, 4) is 5.75 Å². The van der Waals surface area contributed by atoms with Crippen LogP contribution in [0.15, 0.2) is 42.5 Å². The highest BCUT2D eigenvalue weighted by molar-refractivity contribution is 5.93. The molecule has 1 heterocycles. The summed E-state index contributed by atoms with van der Waals surface area (Å²) < 4.78 is 5.19. The SMILES string of the molecule is COc1ccc(CN2CCC3(CCc4ccc(C(=O)NO)cc4C3)C2=O)cc1. The van der Waals surface area contributed by atoms with Crippen LogP contribution >= 0.6 is 0 Å². The van der Waals surface area contributed by atoms with Crippen LogP contribution < -0.4 is 10.2 Å². The highest BCUT2D eigenvalue weighted by atomic mass is 16.5. The van der Waals surface area contributed by atoms with E-state index in [0.29, 0.717) is 18.5 Å². The Kier molecular flexibility index (Phi) is 4.81. The molecule has 2 amide bonds. The highest BCUT2D eigenvalue weighted by Gasteiger charge is 2.48. The summed E-state index contributed by atoms with van der Waals surface area (Å²) in [4.78, 5) is 27.0. The minimum Gasteiger partial charge on any atom is -0.497 e. The Morgan fingerprint density at radius 2 is 1.96 bits per heavy atom. The third-order valence-corrected chi connectivity index (χ3v) is 6.11. The van der Waals surface area contributed by atoms with Crippen molar-refractivity contribution in [2.45, 2.75) is 32.2 Å². The molecule has 2 aromatic rings. The molecule has 1 unspecified atom stereocenters. The summed E-state index contributed by atoms with van der Waals surface area (Å²) in [5.74, 6) is 0.479. The van der Waals surface area contributed by atoms with E-state index in [9.17, 15) is 9.59 Å². The molecule has 146 valence electrons. The molecule has 28 heavy (non-hydrogen) atoms. The number of methoxy groups -OCH3 is 1. The van der Waals surface area contributed by atoms with Crippen LogP contribution in [0.2, 0.25) is 0 Å². The first kappa shape index (κ1) is 18.5. The Hall–Kier alpha value is -2.86. The van der Waals surface area contributed by atoms with E-state index in [1.54, 1.807) is 24.7 Å². The second-order valence-electron chi connectivity index (χ2n) is 7.71. The van der Waals surface area contributed by atoms with Crippen LogP contribution in [0.1, 0.15) is 39.9 Å². The smallest absolute Gasteiger partial charge is 0.274 e. The minimum atomic E-state index is -0.527. The number of carbonyl (C=O) groups excluding carboxylic acids is 2. The van der Waals surface area contributed by atoms with Gasteiger partial charge in [0.2, 0.25) is 5.91 Å². The normalized spacial score (nSPS) is 20.9. The van der Waals surface area contributed by atoms with Crippen molar-refractivity contribution in [1.29, 1.82) is 0 Å². The maximum atomic E-state index is 13.3. The van der Waals surface area contributed by atoms with Gasteiger partial charge >= 0.3 is 0 Å². The van der Waals surface area contributed by atoms with Gasteiger partial charge in [-0.05, 0) is 66.6 Å². The number of aryl methyl sites for hydroxylation is 1. The lowest BCUT2D eigenvalue weighted by Crippen LogP contribution is -2.38. The van der Waals surface area contributed by atoms with Crippen molar-refractivity contribution >= 4 is 11.8 Å². The molecule has 2 aromatic carbocycles. The monoisotopic (exact) mass is 380 g/mol. The topological polar surface area (TPSA) is 78.9 Å². The number of benzene rings is 2. The molecule has 1 spiro atoms. The lowest BCUT2D eigenvalue weighted by molar-refractivity contribution is -0.137. The molecule has 1 atom stereocenters. The third-order valence-electron chi connectivity index (χ3n) is 6.11. The van der Waals surface area contributed by atoms with Gasteiger partial charge in [-0.15, -0.1) is 0 Å². The standard InChI is InChI=1S/C22H24N2O4/c1-28-19-6-2-15(3-7-19)14-24-11-10-22(21(24)26)9-8-16-4-5-17(20(25)23-27)12-18(16)13-22/h2-7,12,27H,8-11,13-14H2,1H3,(H,23,25). The number of nitrogens with one attached hydrogen (secondary N) is 1. The van der Waals surface area contributed by atoms with Crippen LogP contribution in [0.4, 0.5) is 0 Å². The molecule has 2 aliphatic rings. The van der Waals surface area contributed by atoms with Crippen LogP contribution in [-0.4, -0.2) is 35.6 Å². The van der Waals surface area contributed by atoms with Gasteiger partial charge in [0.15, 0.2) is 0 Å². The maximum absolute atomic E-state index is 13.3. The van der Waals surface area contributed by atoms with Crippen LogP contribution in [-0.2, 0) is 24.2 Å². The first-order valence-corrected chi connectivity index (χ1v) is 9.53. The summed E-state index contributed by atoms with van der Waals surface area (Å²) >= 11 is 0. The number of fused-ring (bicyclic) bond motifs is 1. The maximum Gasteiger partial charge on any atom is 0.274 e. The van der Waals surface area contributed by atoms with E-state index in [-0.39, 0.29) is 11.3 Å². The Labute approximate surface area is 164 Å². The second kappa shape index (κ2) is 7.28. The van der Waals surface area contributed by atoms with Gasteiger partial charge in [0, 0.05) is 18.7 Å². The number of rotatable bonds is 4. The summed E-state index contributed by atoms with van der Waals surface area (Å²) in [6, 6.07) is 13.3. The van der Waals surface area contributed by atoms with Gasteiger partial charge in [-0.2, -0.15) is 0 Å². The van der Waals surface area contributed by atoms with E-state index in [1.165, 1.54) is 5.56 Å². The molecule has 0 radical (unpaired) electrons. The van der Waals surface area contributed by atoms with Crippen LogP contribution in [0.3, 0.4) is 0 Å². The summed E-state index contributed by atoms with van der Waals surface area (Å²) in [5, 5.41) is 8.88. The van der Waals surface area contributed by atoms with E-state index < -0.39 is 5.91 Å². The molecule has 4 rings (SSSR count). The van der Waals surface area contributed by atoms with E-state index >= 15 is 0 Å². The third kappa shape index (κ3) is 3.24. The van der Waals surface area contributed by atoms with Gasteiger partial charge in [-0.1, -0.05) is 18.2 Å². The number of hydrogen-bond donors (Lipinski definition) is 2. The fourth-order valence-corrected chi connectivity index (χ4v) is 4.46. The molecule has 1 fully saturated rings. The number of likely N-dealkylation sites (tertiary alicyclic amines) is 1. The largest absolute Gasteiger partial charge is 0.497 e. The van der Waals surface area contributed by atoms with Crippen molar-refractivity contribution < 1.29 is 19.5 Å². The van der Waals surface area contributed by atoms with Gasteiger partial charge in [0.25, 0.3) is 5.91 Å². The van der Waals surface area contributed by atoms with E-state index in [4.69, 9.17) is 9.94 Å². The molecule has 6 nitrogen and oxygen atoms in total. The van der Waals surface area contributed by atoms with Gasteiger partial charge < -0.3 is 9.64 Å². The predicted octanol–water partition coefficient (Wildman–Crippen LogP) is 2.72. The van der Waals surface area contributed by atoms with Gasteiger partial charge in [-0.25, -0.2) is 5.48 Å². The fourth-order valence-electron chi connectivity index (χ4n) is 4.46. The molecule has 2 N–H and O–H groups in total. The zero-order valence-electron chi connectivity index (χ0n) is 15.9. The quantitative estimate of drug-likeness (QED) is 0.631. The zero-order chi connectivity index (χ0) is 19.7. The molecule has 1 aliphatic carbocycles. The summed E-state index contributed by atoms with van der Waals surface area (Å²) in [6.07, 6.45) is 3.15. The molecule has 0 bridgehead atoms. The van der Waals surface area contributed by atoms with Crippen molar-refractivity contribution in [1.82, 2.24) is 10.4 Å². The summed E-state index contributed by atoms with van der Waals surface area (Å²) in [6.45, 7) is 1.35. The van der Waals surface area contributed by atoms with Gasteiger partial charge in [0.05, 0.1) is 12.5 Å². The summed E-state index contributed by atoms with van der Waals surface area (Å²) in [5.41, 5.74) is 5.02. The molecule has 1 saturated heterocycles. The Balaban J connectivity index is 1.51. The molecular formula is C22H24N2O4. The lowest BCUT2D eigenvalue weighted by Gasteiger charge is -2.33. The number of ether oxygens (including phenoxy) is 1. The lowest BCUT2D eigenvalue weighted by atomic mass is 9.70. The van der Waals surface area contributed by atoms with Gasteiger partial charge in [-0.3, -0.25) is 14.8 Å². The number of carbonyl (C=O) groups is 2. The highest BCUT2D eigenvalue weighted by Crippen LogP contribution is 2.44. The van der Waals surface area contributed by atoms with Crippen molar-refractivity contribution in [3.05, 3.63) is 64.7 Å². The molecule has 1 aliphatic heterocycles. The summed E-state index contributed by atoms with van der Waals surface area (Å²) in [7, 11) is 1.64. The Morgan fingerprint density at radius 1 is 1.18 bits per heavy atom. The number of nitrogens with zero attached hydrogens (tertiary/aromatic N) is 1. The number of amides is 2. The molecule has 6 heteroatoms. The van der Waals surface area contributed by atoms with E-state index in [2.05, 4.69) is 0 Å². The van der Waals surface area contributed by atoms with E-state index in [1.807, 2.05) is 35.2 Å². The first-order chi connectivity index (χ1) is 13.5. The fraction of sp³-hybridized carbons (Fsp3) is 0.364. The Bertz CT molecular complexity index is 909. The number of hydroxylamine groups is 1.